The predicted octanol–water partition coefficient (Wildman–Crippen LogP) is 2.94. The van der Waals surface area contributed by atoms with Gasteiger partial charge in [0.15, 0.2) is 0 Å². The second-order valence-corrected chi connectivity index (χ2v) is 3.23. The van der Waals surface area contributed by atoms with Crippen molar-refractivity contribution in [1.29, 1.82) is 0 Å². The summed E-state index contributed by atoms with van der Waals surface area (Å²) >= 11 is 2.24. The van der Waals surface area contributed by atoms with Crippen molar-refractivity contribution in [3.8, 4) is 5.75 Å². The lowest BCUT2D eigenvalue weighted by molar-refractivity contribution is 0.411. The Balaban J connectivity index is 3.23. The van der Waals surface area contributed by atoms with Crippen LogP contribution in [0.3, 0.4) is 0 Å². The highest BCUT2D eigenvalue weighted by molar-refractivity contribution is 14.1. The van der Waals surface area contributed by atoms with Crippen molar-refractivity contribution in [3.63, 3.8) is 0 Å². The van der Waals surface area contributed by atoms with E-state index >= 15 is 0 Å². The van der Waals surface area contributed by atoms with Gasteiger partial charge in [0.25, 0.3) is 0 Å². The maximum Gasteiger partial charge on any atom is 0.139 e. The molecule has 0 unspecified atom stereocenters. The fourth-order valence-corrected chi connectivity index (χ4v) is 1.64. The minimum absolute atomic E-state index is 0.906. The van der Waals surface area contributed by atoms with E-state index in [1.807, 2.05) is 18.2 Å². The third-order valence-corrected chi connectivity index (χ3v) is 2.27. The maximum atomic E-state index is 5.19. The van der Waals surface area contributed by atoms with E-state index in [4.69, 9.17) is 4.74 Å². The summed E-state index contributed by atoms with van der Waals surface area (Å²) < 4.78 is 6.30. The number of methoxy groups -OCH3 is 1. The van der Waals surface area contributed by atoms with Crippen LogP contribution in [0.4, 0.5) is 0 Å². The zero-order valence-corrected chi connectivity index (χ0v) is 8.46. The van der Waals surface area contributed by atoms with Gasteiger partial charge in [0.1, 0.15) is 5.75 Å². The van der Waals surface area contributed by atoms with Gasteiger partial charge in [0.2, 0.25) is 0 Å². The molecule has 11 heavy (non-hydrogen) atoms. The molecule has 0 aliphatic rings. The lowest BCUT2D eigenvalue weighted by Gasteiger charge is -2.05. The van der Waals surface area contributed by atoms with Gasteiger partial charge in [-0.1, -0.05) is 24.8 Å². The van der Waals surface area contributed by atoms with E-state index < -0.39 is 0 Å². The first-order valence-corrected chi connectivity index (χ1v) is 4.32. The molecule has 0 aliphatic carbocycles. The van der Waals surface area contributed by atoms with Crippen molar-refractivity contribution < 1.29 is 4.74 Å². The fourth-order valence-electron chi connectivity index (χ4n) is 0.902. The number of hydrogen-bond acceptors (Lipinski definition) is 1. The van der Waals surface area contributed by atoms with E-state index in [-0.39, 0.29) is 0 Å². The normalized spacial score (nSPS) is 9.27. The van der Waals surface area contributed by atoms with Crippen LogP contribution in [-0.2, 0) is 0 Å². The van der Waals surface area contributed by atoms with E-state index in [9.17, 15) is 0 Å². The van der Waals surface area contributed by atoms with E-state index in [0.29, 0.717) is 0 Å². The zero-order chi connectivity index (χ0) is 8.27. The quantitative estimate of drug-likeness (QED) is 0.743. The molecule has 0 saturated carbocycles. The molecule has 58 valence electrons. The molecule has 1 nitrogen and oxygen atoms in total. The van der Waals surface area contributed by atoms with Crippen LogP contribution in [0.15, 0.2) is 24.8 Å². The molecule has 2 heteroatoms. The van der Waals surface area contributed by atoms with Gasteiger partial charge in [-0.3, -0.25) is 0 Å². The third kappa shape index (κ3) is 1.74. The maximum absolute atomic E-state index is 5.19. The van der Waals surface area contributed by atoms with Crippen molar-refractivity contribution in [2.45, 2.75) is 0 Å². The fraction of sp³-hybridized carbons (Fsp3) is 0.111. The van der Waals surface area contributed by atoms with Crippen LogP contribution in [0.2, 0.25) is 0 Å². The molecule has 0 saturated heterocycles. The zero-order valence-electron chi connectivity index (χ0n) is 6.30. The van der Waals surface area contributed by atoms with Gasteiger partial charge in [-0.2, -0.15) is 0 Å². The predicted molar refractivity (Wildman–Crippen MR) is 55.8 cm³/mol. The topological polar surface area (TPSA) is 9.23 Å². The second kappa shape index (κ2) is 3.76. The van der Waals surface area contributed by atoms with Crippen LogP contribution >= 0.6 is 22.6 Å². The highest BCUT2D eigenvalue weighted by Gasteiger charge is 2.01. The SMILES string of the molecule is C=Cc1cccc(I)c1OC. The molecule has 0 amide bonds. The molecule has 0 atom stereocenters. The van der Waals surface area contributed by atoms with Crippen LogP contribution in [0.1, 0.15) is 5.56 Å². The summed E-state index contributed by atoms with van der Waals surface area (Å²) in [6, 6.07) is 5.97. The van der Waals surface area contributed by atoms with Crippen LogP contribution in [-0.4, -0.2) is 7.11 Å². The second-order valence-electron chi connectivity index (χ2n) is 2.07. The van der Waals surface area contributed by atoms with Crippen molar-refractivity contribution in [2.24, 2.45) is 0 Å². The Kier molecular flexibility index (Phi) is 2.93. The van der Waals surface area contributed by atoms with Crippen molar-refractivity contribution >= 4 is 28.7 Å². The van der Waals surface area contributed by atoms with Gasteiger partial charge in [0, 0.05) is 5.56 Å². The Morgan fingerprint density at radius 3 is 2.73 bits per heavy atom. The molecule has 1 aromatic carbocycles. The number of ether oxygens (including phenoxy) is 1. The first-order chi connectivity index (χ1) is 5.29. The molecule has 0 spiro atoms. The van der Waals surface area contributed by atoms with Crippen molar-refractivity contribution in [3.05, 3.63) is 33.9 Å². The van der Waals surface area contributed by atoms with Crippen LogP contribution in [0.5, 0.6) is 5.75 Å². The number of hydrogen-bond donors (Lipinski definition) is 0. The third-order valence-electron chi connectivity index (χ3n) is 1.42. The lowest BCUT2D eigenvalue weighted by Crippen LogP contribution is -1.89. The minimum Gasteiger partial charge on any atom is -0.495 e. The molecular formula is C9H9IO. The lowest BCUT2D eigenvalue weighted by atomic mass is 10.2. The van der Waals surface area contributed by atoms with Crippen LogP contribution in [0.25, 0.3) is 6.08 Å². The monoisotopic (exact) mass is 260 g/mol. The van der Waals surface area contributed by atoms with E-state index in [1.165, 1.54) is 0 Å². The number of para-hydroxylation sites is 1. The van der Waals surface area contributed by atoms with Gasteiger partial charge >= 0.3 is 0 Å². The van der Waals surface area contributed by atoms with E-state index in [2.05, 4.69) is 29.2 Å². The Bertz CT molecular complexity index is 268. The highest BCUT2D eigenvalue weighted by Crippen LogP contribution is 2.25. The van der Waals surface area contributed by atoms with Gasteiger partial charge in [-0.05, 0) is 28.7 Å². The molecule has 1 rings (SSSR count). The number of rotatable bonds is 2. The molecule has 0 heterocycles. The summed E-state index contributed by atoms with van der Waals surface area (Å²) in [6.07, 6.45) is 1.79. The van der Waals surface area contributed by atoms with Gasteiger partial charge in [-0.15, -0.1) is 0 Å². The summed E-state index contributed by atoms with van der Waals surface area (Å²) in [6.45, 7) is 3.70. The van der Waals surface area contributed by atoms with Gasteiger partial charge < -0.3 is 4.74 Å². The molecule has 1 aromatic rings. The molecule has 0 fully saturated rings. The average molecular weight is 260 g/mol. The summed E-state index contributed by atoms with van der Waals surface area (Å²) in [4.78, 5) is 0. The molecule has 0 radical (unpaired) electrons. The van der Waals surface area contributed by atoms with Crippen molar-refractivity contribution in [2.75, 3.05) is 7.11 Å². The summed E-state index contributed by atoms with van der Waals surface area (Å²) in [5, 5.41) is 0. The van der Waals surface area contributed by atoms with Crippen LogP contribution < -0.4 is 4.74 Å². The van der Waals surface area contributed by atoms with Crippen LogP contribution in [0, 0.1) is 3.57 Å². The Hall–Kier alpha value is -0.510. The first-order valence-electron chi connectivity index (χ1n) is 3.24. The molecular weight excluding hydrogens is 251 g/mol. The Morgan fingerprint density at radius 2 is 2.27 bits per heavy atom. The highest BCUT2D eigenvalue weighted by atomic mass is 127. The number of benzene rings is 1. The first kappa shape index (κ1) is 8.59. The minimum atomic E-state index is 0.906. The van der Waals surface area contributed by atoms with Gasteiger partial charge in [-0.25, -0.2) is 0 Å². The molecule has 0 bridgehead atoms. The average Bonchev–Trinajstić information content (AvgIpc) is 2.04. The smallest absolute Gasteiger partial charge is 0.139 e. The summed E-state index contributed by atoms with van der Waals surface area (Å²) in [7, 11) is 1.67. The number of halogens is 1. The Labute approximate surface area is 80.2 Å². The summed E-state index contributed by atoms with van der Waals surface area (Å²) in [5.74, 6) is 0.906. The molecule has 0 aliphatic heterocycles. The summed E-state index contributed by atoms with van der Waals surface area (Å²) in [5.41, 5.74) is 1.04. The Morgan fingerprint density at radius 1 is 1.55 bits per heavy atom. The standard InChI is InChI=1S/C9H9IO/c1-3-7-5-4-6-8(10)9(7)11-2/h3-6H,1H2,2H3. The van der Waals surface area contributed by atoms with Crippen molar-refractivity contribution in [1.82, 2.24) is 0 Å². The molecule has 0 aromatic heterocycles. The largest absolute Gasteiger partial charge is 0.495 e. The molecule has 0 N–H and O–H groups in total. The van der Waals surface area contributed by atoms with E-state index in [1.54, 1.807) is 13.2 Å². The van der Waals surface area contributed by atoms with Gasteiger partial charge in [0.05, 0.1) is 10.7 Å². The van der Waals surface area contributed by atoms with E-state index in [0.717, 1.165) is 14.9 Å².